The van der Waals surface area contributed by atoms with E-state index in [-0.39, 0.29) is 28.6 Å². The first kappa shape index (κ1) is 23.0. The summed E-state index contributed by atoms with van der Waals surface area (Å²) in [6.07, 6.45) is 1.50. The Morgan fingerprint density at radius 2 is 2.00 bits per heavy atom. The van der Waals surface area contributed by atoms with Gasteiger partial charge < -0.3 is 24.5 Å². The molecule has 2 amide bonds. The highest BCUT2D eigenvalue weighted by atomic mass is 16.5. The summed E-state index contributed by atoms with van der Waals surface area (Å²) in [7, 11) is 1.53. The zero-order valence-corrected chi connectivity index (χ0v) is 18.4. The second-order valence-electron chi connectivity index (χ2n) is 7.25. The fourth-order valence-electron chi connectivity index (χ4n) is 3.06. The maximum absolute atomic E-state index is 13.1. The average Bonchev–Trinajstić information content (AvgIpc) is 3.15. The molecule has 170 valence electrons. The van der Waals surface area contributed by atoms with Gasteiger partial charge in [-0.25, -0.2) is 4.79 Å². The van der Waals surface area contributed by atoms with E-state index in [9.17, 15) is 14.4 Å². The molecule has 0 aliphatic rings. The average molecular weight is 442 g/mol. The van der Waals surface area contributed by atoms with Crippen molar-refractivity contribution in [1.82, 2.24) is 15.1 Å². The third-order valence-corrected chi connectivity index (χ3v) is 4.47. The second-order valence-corrected chi connectivity index (χ2v) is 7.25. The molecule has 10 heteroatoms. The summed E-state index contributed by atoms with van der Waals surface area (Å²) < 4.78 is 17.4. The molecule has 0 aliphatic heterocycles. The monoisotopic (exact) mass is 442 g/mol. The number of carbonyl (C=O) groups is 2. The Morgan fingerprint density at radius 1 is 1.22 bits per heavy atom. The zero-order chi connectivity index (χ0) is 23.3. The van der Waals surface area contributed by atoms with Gasteiger partial charge in [-0.2, -0.15) is 5.10 Å². The lowest BCUT2D eigenvalue weighted by Crippen LogP contribution is -2.28. The van der Waals surface area contributed by atoms with Crippen molar-refractivity contribution in [2.75, 3.05) is 25.6 Å². The van der Waals surface area contributed by atoms with Crippen LogP contribution in [0.2, 0.25) is 0 Å². The van der Waals surface area contributed by atoms with E-state index in [1.54, 1.807) is 24.4 Å². The standard InChI is InChI=1S/C22H26N4O6/c1-5-26-12-17(20(25-26)22(29)23-8-9-30-4)24-21(28)16-11-19(27)32-18-10-14(31-13(2)3)6-7-15(16)18/h6-7,10-13H,5,8-9H2,1-4H3,(H,23,29)(H,24,28). The van der Waals surface area contributed by atoms with E-state index in [1.165, 1.54) is 11.8 Å². The fourth-order valence-corrected chi connectivity index (χ4v) is 3.06. The minimum atomic E-state index is -0.675. The van der Waals surface area contributed by atoms with E-state index in [0.717, 1.165) is 6.07 Å². The van der Waals surface area contributed by atoms with Gasteiger partial charge in [0.2, 0.25) is 0 Å². The number of nitrogens with one attached hydrogen (secondary N) is 2. The lowest BCUT2D eigenvalue weighted by atomic mass is 10.1. The molecule has 1 aromatic carbocycles. The number of anilines is 1. The number of nitrogens with zero attached hydrogens (tertiary/aromatic N) is 2. The van der Waals surface area contributed by atoms with E-state index in [4.69, 9.17) is 13.9 Å². The number of rotatable bonds is 9. The number of amides is 2. The van der Waals surface area contributed by atoms with Crippen LogP contribution in [0, 0.1) is 0 Å². The predicted molar refractivity (Wildman–Crippen MR) is 118 cm³/mol. The number of benzene rings is 1. The highest BCUT2D eigenvalue weighted by Gasteiger charge is 2.21. The van der Waals surface area contributed by atoms with E-state index >= 15 is 0 Å². The molecule has 0 spiro atoms. The Morgan fingerprint density at radius 3 is 2.69 bits per heavy atom. The lowest BCUT2D eigenvalue weighted by molar-refractivity contribution is 0.0932. The van der Waals surface area contributed by atoms with E-state index < -0.39 is 17.4 Å². The fraction of sp³-hybridized carbons (Fsp3) is 0.364. The van der Waals surface area contributed by atoms with Crippen molar-refractivity contribution < 1.29 is 23.5 Å². The summed E-state index contributed by atoms with van der Waals surface area (Å²) in [6.45, 7) is 6.76. The van der Waals surface area contributed by atoms with Crippen LogP contribution in [0.3, 0.4) is 0 Å². The van der Waals surface area contributed by atoms with Gasteiger partial charge in [-0.3, -0.25) is 14.3 Å². The molecule has 10 nitrogen and oxygen atoms in total. The van der Waals surface area contributed by atoms with E-state index in [0.29, 0.717) is 30.8 Å². The summed E-state index contributed by atoms with van der Waals surface area (Å²) in [5, 5.41) is 10.0. The van der Waals surface area contributed by atoms with Gasteiger partial charge in [0.25, 0.3) is 11.8 Å². The van der Waals surface area contributed by atoms with Crippen molar-refractivity contribution in [3.63, 3.8) is 0 Å². The number of fused-ring (bicyclic) bond motifs is 1. The van der Waals surface area contributed by atoms with E-state index in [2.05, 4.69) is 15.7 Å². The Bertz CT molecular complexity index is 1180. The van der Waals surface area contributed by atoms with Gasteiger partial charge >= 0.3 is 5.63 Å². The van der Waals surface area contributed by atoms with Crippen molar-refractivity contribution >= 4 is 28.5 Å². The zero-order valence-electron chi connectivity index (χ0n) is 18.4. The maximum Gasteiger partial charge on any atom is 0.337 e. The summed E-state index contributed by atoms with van der Waals surface area (Å²) in [5.41, 5.74) is -0.0415. The van der Waals surface area contributed by atoms with Crippen LogP contribution in [-0.2, 0) is 11.3 Å². The van der Waals surface area contributed by atoms with Crippen molar-refractivity contribution in [1.29, 1.82) is 0 Å². The molecule has 2 aromatic heterocycles. The Labute approximate surface area is 184 Å². The van der Waals surface area contributed by atoms with Crippen LogP contribution in [0.4, 0.5) is 5.69 Å². The van der Waals surface area contributed by atoms with E-state index in [1.807, 2.05) is 20.8 Å². The van der Waals surface area contributed by atoms with Crippen LogP contribution < -0.4 is 21.0 Å². The van der Waals surface area contributed by atoms with Crippen LogP contribution in [0.5, 0.6) is 5.75 Å². The molecule has 0 atom stereocenters. The Hall–Kier alpha value is -3.66. The van der Waals surface area contributed by atoms with Gasteiger partial charge in [-0.15, -0.1) is 0 Å². The topological polar surface area (TPSA) is 125 Å². The number of methoxy groups -OCH3 is 1. The van der Waals surface area contributed by atoms with Gasteiger partial charge in [0.05, 0.1) is 24.0 Å². The number of aryl methyl sites for hydroxylation is 1. The first-order valence-electron chi connectivity index (χ1n) is 10.2. The molecule has 0 saturated carbocycles. The predicted octanol–water partition coefficient (Wildman–Crippen LogP) is 2.43. The van der Waals surface area contributed by atoms with Gasteiger partial charge in [-0.1, -0.05) is 0 Å². The minimum absolute atomic E-state index is 0.0609. The minimum Gasteiger partial charge on any atom is -0.491 e. The van der Waals surface area contributed by atoms with Crippen LogP contribution in [0.25, 0.3) is 11.0 Å². The van der Waals surface area contributed by atoms with Crippen molar-refractivity contribution in [3.8, 4) is 5.75 Å². The first-order chi connectivity index (χ1) is 15.3. The third kappa shape index (κ3) is 5.33. The van der Waals surface area contributed by atoms with Crippen LogP contribution in [0.1, 0.15) is 41.6 Å². The van der Waals surface area contributed by atoms with Crippen molar-refractivity contribution in [2.24, 2.45) is 0 Å². The number of hydrogen-bond donors (Lipinski definition) is 2. The summed E-state index contributed by atoms with van der Waals surface area (Å²) in [4.78, 5) is 37.7. The molecule has 0 saturated heterocycles. The van der Waals surface area contributed by atoms with Crippen molar-refractivity contribution in [3.05, 3.63) is 52.1 Å². The Balaban J connectivity index is 1.92. The molecule has 32 heavy (non-hydrogen) atoms. The van der Waals surface area contributed by atoms with Gasteiger partial charge in [0.1, 0.15) is 11.3 Å². The molecular formula is C22H26N4O6. The normalized spacial score (nSPS) is 11.0. The molecule has 3 aromatic rings. The molecule has 0 fully saturated rings. The van der Waals surface area contributed by atoms with Crippen molar-refractivity contribution in [2.45, 2.75) is 33.4 Å². The molecule has 2 heterocycles. The number of aromatic nitrogens is 2. The maximum atomic E-state index is 13.1. The summed E-state index contributed by atoms with van der Waals surface area (Å²) in [5.74, 6) is -0.494. The molecule has 3 rings (SSSR count). The molecule has 0 bridgehead atoms. The number of hydrogen-bond acceptors (Lipinski definition) is 7. The summed E-state index contributed by atoms with van der Waals surface area (Å²) in [6, 6.07) is 6.03. The van der Waals surface area contributed by atoms with Gasteiger partial charge in [0, 0.05) is 43.9 Å². The highest BCUT2D eigenvalue weighted by Crippen LogP contribution is 2.24. The molecular weight excluding hydrogens is 416 g/mol. The largest absolute Gasteiger partial charge is 0.491 e. The smallest absolute Gasteiger partial charge is 0.337 e. The molecule has 2 N–H and O–H groups in total. The first-order valence-corrected chi connectivity index (χ1v) is 10.2. The van der Waals surface area contributed by atoms with Crippen LogP contribution in [0.15, 0.2) is 39.7 Å². The SMILES string of the molecule is CCn1cc(NC(=O)c2cc(=O)oc3cc(OC(C)C)ccc23)c(C(=O)NCCOC)n1. The second kappa shape index (κ2) is 10.1. The number of ether oxygens (including phenoxy) is 2. The molecule has 0 radical (unpaired) electrons. The molecule has 0 unspecified atom stereocenters. The van der Waals surface area contributed by atoms with Crippen LogP contribution in [-0.4, -0.2) is 48.0 Å². The highest BCUT2D eigenvalue weighted by molar-refractivity contribution is 6.13. The third-order valence-electron chi connectivity index (χ3n) is 4.47. The number of carbonyl (C=O) groups excluding carboxylic acids is 2. The summed E-state index contributed by atoms with van der Waals surface area (Å²) >= 11 is 0. The quantitative estimate of drug-likeness (QED) is 0.385. The lowest BCUT2D eigenvalue weighted by Gasteiger charge is -2.11. The molecule has 0 aliphatic carbocycles. The van der Waals surface area contributed by atoms with Gasteiger partial charge in [0.15, 0.2) is 5.69 Å². The van der Waals surface area contributed by atoms with Crippen LogP contribution >= 0.6 is 0 Å². The van der Waals surface area contributed by atoms with Gasteiger partial charge in [-0.05, 0) is 32.9 Å². The Kier molecular flexibility index (Phi) is 7.26.